The minimum atomic E-state index is -0.808. The number of nitrogens with one attached hydrogen (secondary N) is 1. The molecule has 136 valence electrons. The van der Waals surface area contributed by atoms with Gasteiger partial charge in [0.15, 0.2) is 5.65 Å². The lowest BCUT2D eigenvalue weighted by Gasteiger charge is -2.28. The van der Waals surface area contributed by atoms with Crippen molar-refractivity contribution in [2.24, 2.45) is 7.05 Å². The number of carboxylic acid groups (broad SMARTS) is 1. The smallest absolute Gasteiger partial charge is 0.320 e. The molecule has 2 unspecified atom stereocenters. The van der Waals surface area contributed by atoms with Crippen molar-refractivity contribution < 1.29 is 9.90 Å². The number of nitrogens with zero attached hydrogens (tertiary/aromatic N) is 5. The van der Waals surface area contributed by atoms with E-state index in [9.17, 15) is 4.79 Å². The average Bonchev–Trinajstić information content (AvgIpc) is 3.24. The Labute approximate surface area is 149 Å². The van der Waals surface area contributed by atoms with Gasteiger partial charge in [-0.05, 0) is 19.8 Å². The first kappa shape index (κ1) is 16.5. The average molecular weight is 355 g/mol. The zero-order valence-electron chi connectivity index (χ0n) is 14.7. The lowest BCUT2D eigenvalue weighted by atomic mass is 9.90. The van der Waals surface area contributed by atoms with Crippen LogP contribution in [0.4, 0.5) is 5.82 Å². The number of nitrogen functional groups attached to an aromatic ring is 1. The number of aromatic nitrogens is 5. The Morgan fingerprint density at radius 1 is 1.35 bits per heavy atom. The van der Waals surface area contributed by atoms with E-state index in [1.165, 1.54) is 0 Å². The highest BCUT2D eigenvalue weighted by molar-refractivity contribution is 5.78. The largest absolute Gasteiger partial charge is 0.480 e. The van der Waals surface area contributed by atoms with Crippen molar-refractivity contribution in [2.45, 2.75) is 31.7 Å². The fraction of sp³-hybridized carbons (Fsp3) is 0.412. The Morgan fingerprint density at radius 3 is 2.77 bits per heavy atom. The third-order valence-corrected chi connectivity index (χ3v) is 5.08. The van der Waals surface area contributed by atoms with E-state index in [-0.39, 0.29) is 5.92 Å². The molecule has 4 rings (SSSR count). The number of hydrogen-bond acceptors (Lipinski definition) is 6. The second-order valence-corrected chi connectivity index (χ2v) is 6.78. The standard InChI is InChI=1S/C17H21N7O2/c1-9-14(10-3-4-13(17(25)26)19-5-10)22-16-12(7-21-24(16)15(9)18)11-6-20-23(2)8-11/h6-8,10,13,19H,3-5,18H2,1-2H3,(H,25,26). The molecule has 0 amide bonds. The molecule has 0 bridgehead atoms. The highest BCUT2D eigenvalue weighted by Crippen LogP contribution is 2.32. The molecule has 0 radical (unpaired) electrons. The third-order valence-electron chi connectivity index (χ3n) is 5.08. The topological polar surface area (TPSA) is 123 Å². The maximum absolute atomic E-state index is 11.1. The number of aryl methyl sites for hydroxylation is 1. The third kappa shape index (κ3) is 2.60. The minimum Gasteiger partial charge on any atom is -0.480 e. The van der Waals surface area contributed by atoms with Gasteiger partial charge in [0.2, 0.25) is 0 Å². The van der Waals surface area contributed by atoms with Crippen LogP contribution in [0.25, 0.3) is 16.8 Å². The molecule has 0 aliphatic carbocycles. The van der Waals surface area contributed by atoms with Crippen LogP contribution in [-0.2, 0) is 11.8 Å². The van der Waals surface area contributed by atoms with Gasteiger partial charge in [0.25, 0.3) is 0 Å². The highest BCUT2D eigenvalue weighted by Gasteiger charge is 2.29. The lowest BCUT2D eigenvalue weighted by Crippen LogP contribution is -2.43. The van der Waals surface area contributed by atoms with Crippen LogP contribution >= 0.6 is 0 Å². The molecule has 1 fully saturated rings. The Balaban J connectivity index is 1.76. The van der Waals surface area contributed by atoms with Gasteiger partial charge >= 0.3 is 5.97 Å². The van der Waals surface area contributed by atoms with E-state index >= 15 is 0 Å². The first-order valence-corrected chi connectivity index (χ1v) is 8.54. The van der Waals surface area contributed by atoms with E-state index < -0.39 is 12.0 Å². The van der Waals surface area contributed by atoms with Crippen molar-refractivity contribution in [1.82, 2.24) is 29.7 Å². The molecule has 26 heavy (non-hydrogen) atoms. The van der Waals surface area contributed by atoms with E-state index in [4.69, 9.17) is 15.8 Å². The van der Waals surface area contributed by atoms with Crippen molar-refractivity contribution in [2.75, 3.05) is 12.3 Å². The molecule has 0 spiro atoms. The highest BCUT2D eigenvalue weighted by atomic mass is 16.4. The number of rotatable bonds is 3. The number of anilines is 1. The van der Waals surface area contributed by atoms with Gasteiger partial charge in [-0.3, -0.25) is 9.48 Å². The molecular formula is C17H21N7O2. The first-order chi connectivity index (χ1) is 12.5. The fourth-order valence-corrected chi connectivity index (χ4v) is 3.58. The number of hydrogen-bond donors (Lipinski definition) is 3. The summed E-state index contributed by atoms with van der Waals surface area (Å²) in [5, 5.41) is 20.8. The summed E-state index contributed by atoms with van der Waals surface area (Å²) in [6.07, 6.45) is 6.76. The van der Waals surface area contributed by atoms with Crippen LogP contribution in [0.15, 0.2) is 18.6 Å². The Hall–Kier alpha value is -2.94. The van der Waals surface area contributed by atoms with Gasteiger partial charge < -0.3 is 16.2 Å². The van der Waals surface area contributed by atoms with E-state index in [0.717, 1.165) is 28.8 Å². The summed E-state index contributed by atoms with van der Waals surface area (Å²) < 4.78 is 3.38. The van der Waals surface area contributed by atoms with Crippen molar-refractivity contribution in [3.05, 3.63) is 29.8 Å². The van der Waals surface area contributed by atoms with Crippen LogP contribution in [-0.4, -0.2) is 48.0 Å². The Kier molecular flexibility index (Phi) is 3.87. The second kappa shape index (κ2) is 6.10. The fourth-order valence-electron chi connectivity index (χ4n) is 3.58. The molecule has 0 aromatic carbocycles. The van der Waals surface area contributed by atoms with Gasteiger partial charge in [0.05, 0.1) is 18.1 Å². The maximum atomic E-state index is 11.1. The summed E-state index contributed by atoms with van der Waals surface area (Å²) in [6.45, 7) is 2.50. The van der Waals surface area contributed by atoms with Gasteiger partial charge in [-0.2, -0.15) is 14.7 Å². The van der Waals surface area contributed by atoms with Crippen LogP contribution in [0.1, 0.15) is 30.0 Å². The first-order valence-electron chi connectivity index (χ1n) is 8.54. The summed E-state index contributed by atoms with van der Waals surface area (Å²) in [7, 11) is 1.86. The van der Waals surface area contributed by atoms with Crippen LogP contribution in [0.2, 0.25) is 0 Å². The molecule has 3 aromatic heterocycles. The summed E-state index contributed by atoms with van der Waals surface area (Å²) in [5.74, 6) is -0.132. The zero-order valence-corrected chi connectivity index (χ0v) is 14.7. The minimum absolute atomic E-state index is 0.120. The summed E-state index contributed by atoms with van der Waals surface area (Å²) in [4.78, 5) is 16.0. The number of nitrogens with two attached hydrogens (primary N) is 1. The van der Waals surface area contributed by atoms with Crippen molar-refractivity contribution >= 4 is 17.4 Å². The Bertz CT molecular complexity index is 983. The van der Waals surface area contributed by atoms with Crippen LogP contribution in [0, 0.1) is 6.92 Å². The molecule has 9 heteroatoms. The monoisotopic (exact) mass is 355 g/mol. The van der Waals surface area contributed by atoms with Crippen molar-refractivity contribution in [1.29, 1.82) is 0 Å². The molecule has 4 N–H and O–H groups in total. The van der Waals surface area contributed by atoms with Crippen molar-refractivity contribution in [3.8, 4) is 11.1 Å². The predicted octanol–water partition coefficient (Wildman–Crippen LogP) is 0.941. The van der Waals surface area contributed by atoms with Gasteiger partial charge in [-0.1, -0.05) is 0 Å². The van der Waals surface area contributed by atoms with E-state index in [2.05, 4.69) is 15.5 Å². The van der Waals surface area contributed by atoms with E-state index in [1.807, 2.05) is 20.2 Å². The maximum Gasteiger partial charge on any atom is 0.320 e. The van der Waals surface area contributed by atoms with Crippen molar-refractivity contribution in [3.63, 3.8) is 0 Å². The number of carbonyl (C=O) groups is 1. The molecule has 1 saturated heterocycles. The molecule has 1 aliphatic rings. The Morgan fingerprint density at radius 2 is 2.15 bits per heavy atom. The molecule has 2 atom stereocenters. The summed E-state index contributed by atoms with van der Waals surface area (Å²) in [5.41, 5.74) is 10.6. The number of fused-ring (bicyclic) bond motifs is 1. The molecule has 0 saturated carbocycles. The van der Waals surface area contributed by atoms with Gasteiger partial charge in [-0.25, -0.2) is 4.98 Å². The SMILES string of the molecule is Cc1c(C2CCC(C(=O)O)NC2)nc2c(-c3cnn(C)c3)cnn2c1N. The van der Waals surface area contributed by atoms with Crippen LogP contribution in [0.3, 0.4) is 0 Å². The van der Waals surface area contributed by atoms with Gasteiger partial charge in [-0.15, -0.1) is 0 Å². The summed E-state index contributed by atoms with van der Waals surface area (Å²) in [6, 6.07) is -0.492. The normalized spacial score (nSPS) is 20.5. The number of carboxylic acids is 1. The number of piperidine rings is 1. The molecule has 1 aliphatic heterocycles. The van der Waals surface area contributed by atoms with E-state index in [0.29, 0.717) is 24.4 Å². The summed E-state index contributed by atoms with van der Waals surface area (Å²) >= 11 is 0. The second-order valence-electron chi connectivity index (χ2n) is 6.78. The molecule has 9 nitrogen and oxygen atoms in total. The quantitative estimate of drug-likeness (QED) is 0.639. The van der Waals surface area contributed by atoms with E-state index in [1.54, 1.807) is 21.6 Å². The van der Waals surface area contributed by atoms with Crippen LogP contribution in [0.5, 0.6) is 0 Å². The van der Waals surface area contributed by atoms with Crippen LogP contribution < -0.4 is 11.1 Å². The predicted molar refractivity (Wildman–Crippen MR) is 95.7 cm³/mol. The molecule has 3 aromatic rings. The van der Waals surface area contributed by atoms with Gasteiger partial charge in [0, 0.05) is 42.4 Å². The number of aliphatic carboxylic acids is 1. The lowest BCUT2D eigenvalue weighted by molar-refractivity contribution is -0.140. The van der Waals surface area contributed by atoms with Gasteiger partial charge in [0.1, 0.15) is 11.9 Å². The molecular weight excluding hydrogens is 334 g/mol. The molecule has 4 heterocycles. The zero-order chi connectivity index (χ0) is 18.4.